The van der Waals surface area contributed by atoms with Gasteiger partial charge in [-0.3, -0.25) is 24.3 Å². The second-order valence-electron chi connectivity index (χ2n) is 29.8. The number of aryl methyl sites for hydroxylation is 8. The Labute approximate surface area is 616 Å². The molecule has 25 nitrogen and oxygen atoms in total. The Balaban J connectivity index is 0.000000134. The number of anilines is 3. The number of Topliss-reactive ketones (excluding diaryl/α,β-unsaturated/α-hetero) is 1. The van der Waals surface area contributed by atoms with Crippen molar-refractivity contribution >= 4 is 80.2 Å². The fraction of sp³-hybridized carbons (Fsp3) is 0.494. The number of benzene rings is 5. The van der Waals surface area contributed by atoms with Crippen LogP contribution in [0.5, 0.6) is 0 Å². The molecule has 16 rings (SSSR count). The first-order valence-corrected chi connectivity index (χ1v) is 38.0. The minimum absolute atomic E-state index is 0.0426. The number of H-pyrrole nitrogens is 1. The predicted molar refractivity (Wildman–Crippen MR) is 401 cm³/mol. The zero-order valence-electron chi connectivity index (χ0n) is 62.1. The number of carboxylic acids is 1. The van der Waals surface area contributed by atoms with Crippen LogP contribution in [-0.4, -0.2) is 134 Å². The number of nitrogens with zero attached hydrogens (tertiary/aromatic N) is 14. The highest BCUT2D eigenvalue weighted by molar-refractivity contribution is 5.98. The average molecular weight is 1440 g/mol. The van der Waals surface area contributed by atoms with Crippen molar-refractivity contribution in [3.05, 3.63) is 160 Å². The van der Waals surface area contributed by atoms with Crippen molar-refractivity contribution in [2.45, 2.75) is 224 Å². The Kier molecular flexibility index (Phi) is 21.8. The molecule has 0 unspecified atom stereocenters. The molecule has 6 aliphatic rings. The van der Waals surface area contributed by atoms with Crippen molar-refractivity contribution in [2.24, 2.45) is 11.8 Å². The van der Waals surface area contributed by atoms with Crippen molar-refractivity contribution in [2.75, 3.05) is 36.0 Å². The molecule has 0 spiro atoms. The number of aromatic amines is 1. The summed E-state index contributed by atoms with van der Waals surface area (Å²) < 4.78 is 27.8. The fourth-order valence-electron chi connectivity index (χ4n) is 17.8. The van der Waals surface area contributed by atoms with Crippen molar-refractivity contribution in [1.29, 1.82) is 0 Å². The number of rotatable bonds is 14. The molecule has 25 heteroatoms. The Bertz CT molecular complexity index is 4810. The van der Waals surface area contributed by atoms with E-state index < -0.39 is 5.97 Å². The second kappa shape index (κ2) is 31.8. The number of methoxy groups -OCH3 is 3. The normalized spacial score (nSPS) is 22.1. The number of carbonyl (C=O) groups is 5. The molecule has 3 saturated carbocycles. The molecule has 3 aliphatic carbocycles. The molecule has 3 aliphatic heterocycles. The molecular formula is C81H97N15O10. The molecule has 556 valence electrons. The lowest BCUT2D eigenvalue weighted by atomic mass is 9.83. The highest BCUT2D eigenvalue weighted by Gasteiger charge is 2.39. The molecule has 0 radical (unpaired) electrons. The summed E-state index contributed by atoms with van der Waals surface area (Å²) in [5, 5.41) is 28.3. The summed E-state index contributed by atoms with van der Waals surface area (Å²) in [4.78, 5) is 86.7. The Morgan fingerprint density at radius 2 is 0.981 bits per heavy atom. The van der Waals surface area contributed by atoms with E-state index in [9.17, 15) is 29.1 Å². The first kappa shape index (κ1) is 72.6. The first-order chi connectivity index (χ1) is 51.5. The number of aliphatic carboxylic acids is 1. The third-order valence-corrected chi connectivity index (χ3v) is 23.3. The van der Waals surface area contributed by atoms with Crippen LogP contribution < -0.4 is 14.7 Å². The maximum absolute atomic E-state index is 12.6. The van der Waals surface area contributed by atoms with Crippen LogP contribution in [0.15, 0.2) is 102 Å². The smallest absolute Gasteiger partial charge is 0.414 e. The molecule has 2 N–H and O–H groups in total. The molecule has 0 saturated heterocycles. The lowest BCUT2D eigenvalue weighted by molar-refractivity contribution is -0.143. The number of hydrogen-bond acceptors (Lipinski definition) is 17. The number of tetrazole rings is 1. The van der Waals surface area contributed by atoms with Gasteiger partial charge in [-0.15, -0.1) is 10.2 Å². The molecule has 3 fully saturated rings. The van der Waals surface area contributed by atoms with Crippen LogP contribution in [0.25, 0.3) is 33.1 Å². The van der Waals surface area contributed by atoms with Crippen molar-refractivity contribution in [1.82, 2.24) is 59.4 Å². The summed E-state index contributed by atoms with van der Waals surface area (Å²) in [5.41, 5.74) is 14.7. The largest absolute Gasteiger partial charge is 0.481 e. The minimum atomic E-state index is -0.711. The number of aromatic nitrogens is 12. The van der Waals surface area contributed by atoms with Gasteiger partial charge in [0.15, 0.2) is 11.6 Å². The van der Waals surface area contributed by atoms with E-state index in [0.717, 1.165) is 212 Å². The molecule has 106 heavy (non-hydrogen) atoms. The van der Waals surface area contributed by atoms with Crippen LogP contribution in [-0.2, 0) is 75.2 Å². The van der Waals surface area contributed by atoms with E-state index >= 15 is 0 Å². The minimum Gasteiger partial charge on any atom is -0.481 e. The molecule has 8 heterocycles. The van der Waals surface area contributed by atoms with Gasteiger partial charge in [-0.25, -0.2) is 29.3 Å². The number of imidazole rings is 3. The first-order valence-electron chi connectivity index (χ1n) is 38.0. The number of hydrogen-bond donors (Lipinski definition) is 2. The zero-order chi connectivity index (χ0) is 73.9. The lowest BCUT2D eigenvalue weighted by Crippen LogP contribution is -2.42. The van der Waals surface area contributed by atoms with Gasteiger partial charge in [-0.05, 0) is 191 Å². The van der Waals surface area contributed by atoms with Gasteiger partial charge in [-0.1, -0.05) is 83.9 Å². The predicted octanol–water partition coefficient (Wildman–Crippen LogP) is 15.2. The van der Waals surface area contributed by atoms with Crippen LogP contribution in [0, 0.1) is 18.8 Å². The zero-order valence-corrected chi connectivity index (χ0v) is 62.1. The van der Waals surface area contributed by atoms with Crippen LogP contribution in [0.2, 0.25) is 0 Å². The summed E-state index contributed by atoms with van der Waals surface area (Å²) in [6.07, 6.45) is 19.0. The molecule has 10 aromatic rings. The monoisotopic (exact) mass is 1440 g/mol. The van der Waals surface area contributed by atoms with Crippen LogP contribution in [0.3, 0.4) is 0 Å². The summed E-state index contributed by atoms with van der Waals surface area (Å²) in [5.74, 6) is 4.74. The number of nitrogens with one attached hydrogen (secondary N) is 1. The SMILES string of the molecule is COC(=O)N1c2ccc3c(nc(CCc4ccccc4)n3[C@@H]3CCC[C@@H](C(C)=O)C3)c2CC[C@@H]1C.COC(=O)N1c2ccc3c(nc(CCc4nc(C)no4)n3C3CCC(C(=O)O)CC3)c2CC[C@@H]1C.COC(=O)N1c2ccc3c(nc(Cc4ccccc4)n3[C@@H]3CCC[C@@H](c4nn[nH]n4)C3)c2CC[C@@H]1C. The molecule has 3 amide bonds. The van der Waals surface area contributed by atoms with E-state index in [1.54, 1.807) is 28.5 Å². The van der Waals surface area contributed by atoms with Gasteiger partial charge in [0.1, 0.15) is 23.3 Å². The van der Waals surface area contributed by atoms with Gasteiger partial charge in [0.2, 0.25) is 5.89 Å². The standard InChI is InChI=1S/C29H35N3O3.C27H31N7O2.C25H31N5O5/c1-19-12-14-24-25(31(19)29(34)35-3)15-16-26-28(24)30-27(17-13-21-8-5-4-6-9-21)32(26)23-11-7-10-22(18-23)20(2)33;1-17-11-12-21-22(33(17)27(35)36-2)13-14-23-25(21)28-24(15-18-7-4-3-5-8-18)34(23)20-10-6-9-19(16-20)26-29-31-32-30-26;1-14-4-9-18-19(29(14)25(33)34-3)10-11-20-23(18)27-21(12-13-22-26-15(2)28-35-22)30(20)17-7-5-16(6-8-17)24(31)32/h4-6,8-9,15-16,19,22-23H,7,10-14,17-18H2,1-3H3;3-5,7-8,13-14,17,19-20H,6,9-12,15-16H2,1-2H3,(H,29,30,31,32);10-11,14,16-17H,4-9,12-13H2,1-3H3,(H,31,32)/t19-,22+,23+;17-,19+,20+;14-,16?,17?/m000/s1. The van der Waals surface area contributed by atoms with Crippen LogP contribution in [0.1, 0.15) is 211 Å². The number of fused-ring (bicyclic) bond motifs is 9. The summed E-state index contributed by atoms with van der Waals surface area (Å²) in [6.45, 7) is 9.70. The van der Waals surface area contributed by atoms with Crippen molar-refractivity contribution in [3.8, 4) is 0 Å². The van der Waals surface area contributed by atoms with Crippen molar-refractivity contribution in [3.63, 3.8) is 0 Å². The maximum atomic E-state index is 12.6. The second-order valence-corrected chi connectivity index (χ2v) is 29.8. The van der Waals surface area contributed by atoms with Gasteiger partial charge in [-0.2, -0.15) is 10.2 Å². The molecule has 7 atom stereocenters. The van der Waals surface area contributed by atoms with Crippen LogP contribution in [0.4, 0.5) is 31.4 Å². The number of ketones is 1. The summed E-state index contributed by atoms with van der Waals surface area (Å²) >= 11 is 0. The van der Waals surface area contributed by atoms with E-state index in [4.69, 9.17) is 33.7 Å². The number of amides is 3. The molecule has 5 aromatic carbocycles. The number of carbonyl (C=O) groups excluding carboxylic acids is 4. The van der Waals surface area contributed by atoms with E-state index in [0.29, 0.717) is 49.2 Å². The third kappa shape index (κ3) is 14.7. The third-order valence-electron chi connectivity index (χ3n) is 23.3. The summed E-state index contributed by atoms with van der Waals surface area (Å²) in [6, 6.07) is 34.4. The maximum Gasteiger partial charge on any atom is 0.414 e. The molecular weight excluding hydrogens is 1340 g/mol. The highest BCUT2D eigenvalue weighted by Crippen LogP contribution is 2.46. The van der Waals surface area contributed by atoms with E-state index in [2.05, 4.69) is 131 Å². The van der Waals surface area contributed by atoms with Gasteiger partial charge in [0, 0.05) is 90.5 Å². The van der Waals surface area contributed by atoms with E-state index in [1.165, 1.54) is 32.5 Å². The topological polar surface area (TPSA) is 290 Å². The highest BCUT2D eigenvalue weighted by atomic mass is 16.6. The quantitative estimate of drug-likeness (QED) is 0.0956. The molecule has 0 bridgehead atoms. The number of ether oxygens (including phenoxy) is 3. The summed E-state index contributed by atoms with van der Waals surface area (Å²) in [7, 11) is 4.28. The van der Waals surface area contributed by atoms with Gasteiger partial charge in [0.25, 0.3) is 0 Å². The van der Waals surface area contributed by atoms with Gasteiger partial charge in [0.05, 0.1) is 77.4 Å². The van der Waals surface area contributed by atoms with Gasteiger partial charge < -0.3 is 37.5 Å². The lowest BCUT2D eigenvalue weighted by Gasteiger charge is -2.34. The van der Waals surface area contributed by atoms with E-state index in [1.807, 2.05) is 31.2 Å². The van der Waals surface area contributed by atoms with Gasteiger partial charge >= 0.3 is 24.2 Å². The Morgan fingerprint density at radius 1 is 0.509 bits per heavy atom. The molecule has 5 aromatic heterocycles. The Hall–Kier alpha value is -10.3. The number of carboxylic acid groups (broad SMARTS) is 1. The Morgan fingerprint density at radius 3 is 1.45 bits per heavy atom. The average Bonchev–Trinajstić information content (AvgIpc) is 1.57. The van der Waals surface area contributed by atoms with E-state index in [-0.39, 0.29) is 66.2 Å². The fourth-order valence-corrected chi connectivity index (χ4v) is 17.8. The van der Waals surface area contributed by atoms with Crippen LogP contribution >= 0.6 is 0 Å². The van der Waals surface area contributed by atoms with Crippen molar-refractivity contribution < 1.29 is 47.8 Å².